The first-order valence-electron chi connectivity index (χ1n) is 2.82. The lowest BCUT2D eigenvalue weighted by atomic mass is 10.3. The molecule has 0 heterocycles. The summed E-state index contributed by atoms with van der Waals surface area (Å²) in [6.45, 7) is 0. The summed E-state index contributed by atoms with van der Waals surface area (Å²) >= 11 is 5.61. The minimum atomic E-state index is -0.265. The van der Waals surface area contributed by atoms with Crippen molar-refractivity contribution in [1.29, 1.82) is 0 Å². The Hall–Kier alpha value is -0.630. The number of hydrogen-bond donors (Lipinski definition) is 1. The molecule has 0 amide bonds. The highest BCUT2D eigenvalue weighted by Gasteiger charge is 1.91. The molecule has 0 radical (unpaired) electrons. The zero-order chi connectivity index (χ0) is 8.10. The predicted molar refractivity (Wildman–Crippen MR) is 42.8 cm³/mol. The molecule has 1 aromatic rings. The normalized spacial score (nSPS) is 9.91. The standard InChI is InChI=1S/C6H5ClNO2P/c7-5-1-3-6(4-2-5)10-8-11-9/h1-4H,(H,8,9). The zero-order valence-corrected chi connectivity index (χ0v) is 7.10. The van der Waals surface area contributed by atoms with E-state index in [-0.39, 0.29) is 8.61 Å². The van der Waals surface area contributed by atoms with Gasteiger partial charge in [-0.25, -0.2) is 0 Å². The van der Waals surface area contributed by atoms with Crippen molar-refractivity contribution in [2.24, 2.45) is 0 Å². The highest BCUT2D eigenvalue weighted by atomic mass is 35.5. The molecule has 58 valence electrons. The van der Waals surface area contributed by atoms with E-state index in [0.29, 0.717) is 10.8 Å². The summed E-state index contributed by atoms with van der Waals surface area (Å²) in [5.74, 6) is 0.567. The Bertz CT molecular complexity index is 239. The monoisotopic (exact) mass is 189 g/mol. The summed E-state index contributed by atoms with van der Waals surface area (Å²) in [7, 11) is -0.265. The molecule has 0 aliphatic carbocycles. The van der Waals surface area contributed by atoms with Crippen LogP contribution in [-0.2, 0) is 4.57 Å². The lowest BCUT2D eigenvalue weighted by Gasteiger charge is -1.98. The zero-order valence-electron chi connectivity index (χ0n) is 5.45. The van der Waals surface area contributed by atoms with Gasteiger partial charge in [-0.1, -0.05) is 16.9 Å². The second-order valence-corrected chi connectivity index (χ2v) is 2.54. The molecule has 0 atom stereocenters. The molecule has 3 nitrogen and oxygen atoms in total. The van der Waals surface area contributed by atoms with E-state index >= 15 is 0 Å². The molecular formula is C6H5ClNO2P. The van der Waals surface area contributed by atoms with Crippen LogP contribution in [0.1, 0.15) is 0 Å². The molecule has 0 saturated heterocycles. The number of nitrogens with one attached hydrogen (secondary N) is 1. The molecule has 0 fully saturated rings. The van der Waals surface area contributed by atoms with Crippen LogP contribution in [0.5, 0.6) is 5.75 Å². The molecule has 1 aromatic carbocycles. The maximum atomic E-state index is 9.88. The van der Waals surface area contributed by atoms with Crippen LogP contribution in [0.15, 0.2) is 24.3 Å². The molecule has 0 spiro atoms. The van der Waals surface area contributed by atoms with Crippen LogP contribution in [0.2, 0.25) is 5.02 Å². The van der Waals surface area contributed by atoms with Gasteiger partial charge >= 0.3 is 0 Å². The Labute approximate surface area is 70.5 Å². The van der Waals surface area contributed by atoms with Gasteiger partial charge in [-0.05, 0) is 24.3 Å². The summed E-state index contributed by atoms with van der Waals surface area (Å²) in [5.41, 5.74) is 0. The van der Waals surface area contributed by atoms with Crippen LogP contribution in [0.3, 0.4) is 0 Å². The third-order valence-corrected chi connectivity index (χ3v) is 1.43. The first-order chi connectivity index (χ1) is 5.33. The van der Waals surface area contributed by atoms with Crippen molar-refractivity contribution in [2.45, 2.75) is 0 Å². The van der Waals surface area contributed by atoms with E-state index in [1.807, 2.05) is 0 Å². The Morgan fingerprint density at radius 3 is 2.55 bits per heavy atom. The fourth-order valence-corrected chi connectivity index (χ4v) is 0.843. The van der Waals surface area contributed by atoms with E-state index in [4.69, 9.17) is 16.4 Å². The van der Waals surface area contributed by atoms with E-state index in [0.717, 1.165) is 0 Å². The molecule has 1 N–H and O–H groups in total. The van der Waals surface area contributed by atoms with Gasteiger partial charge < -0.3 is 4.84 Å². The molecule has 0 aromatic heterocycles. The van der Waals surface area contributed by atoms with Gasteiger partial charge in [0, 0.05) is 5.02 Å². The lowest BCUT2D eigenvalue weighted by molar-refractivity contribution is 0.276. The van der Waals surface area contributed by atoms with Gasteiger partial charge in [-0.3, -0.25) is 4.57 Å². The Morgan fingerprint density at radius 2 is 2.00 bits per heavy atom. The fraction of sp³-hybridized carbons (Fsp3) is 0. The molecule has 0 aliphatic rings. The highest BCUT2D eigenvalue weighted by Crippen LogP contribution is 2.14. The number of rotatable bonds is 3. The Morgan fingerprint density at radius 1 is 1.36 bits per heavy atom. The van der Waals surface area contributed by atoms with Crippen molar-refractivity contribution >= 4 is 20.2 Å². The second-order valence-electron chi connectivity index (χ2n) is 1.74. The van der Waals surface area contributed by atoms with Crippen molar-refractivity contribution in [3.8, 4) is 5.75 Å². The van der Waals surface area contributed by atoms with Gasteiger partial charge in [0.05, 0.1) is 0 Å². The van der Waals surface area contributed by atoms with Crippen molar-refractivity contribution < 1.29 is 9.40 Å². The lowest BCUT2D eigenvalue weighted by Crippen LogP contribution is -2.03. The average molecular weight is 190 g/mol. The second kappa shape index (κ2) is 4.29. The van der Waals surface area contributed by atoms with Crippen LogP contribution in [0, 0.1) is 0 Å². The van der Waals surface area contributed by atoms with Crippen LogP contribution in [-0.4, -0.2) is 0 Å². The molecule has 0 saturated carbocycles. The third kappa shape index (κ3) is 2.85. The Balaban J connectivity index is 2.58. The average Bonchev–Trinajstić information content (AvgIpc) is 2.04. The molecule has 0 unspecified atom stereocenters. The molecule has 5 heteroatoms. The minimum absolute atomic E-state index is 0.265. The van der Waals surface area contributed by atoms with Crippen LogP contribution in [0.25, 0.3) is 0 Å². The summed E-state index contributed by atoms with van der Waals surface area (Å²) in [6.07, 6.45) is 0. The van der Waals surface area contributed by atoms with E-state index in [1.54, 1.807) is 24.3 Å². The topological polar surface area (TPSA) is 38.3 Å². The van der Waals surface area contributed by atoms with E-state index in [1.165, 1.54) is 0 Å². The number of benzene rings is 1. The smallest absolute Gasteiger partial charge is 0.282 e. The summed E-state index contributed by atoms with van der Waals surface area (Å²) in [4.78, 5) is 4.78. The molecular weight excluding hydrogens is 184 g/mol. The van der Waals surface area contributed by atoms with Gasteiger partial charge in [-0.15, -0.1) is 0 Å². The Kier molecular flexibility index (Phi) is 3.30. The van der Waals surface area contributed by atoms with Gasteiger partial charge in [0.1, 0.15) is 5.75 Å². The summed E-state index contributed by atoms with van der Waals surface area (Å²) in [5, 5.41) is 2.79. The van der Waals surface area contributed by atoms with E-state index in [2.05, 4.69) is 5.25 Å². The predicted octanol–water partition coefficient (Wildman–Crippen LogP) is 2.43. The van der Waals surface area contributed by atoms with Crippen LogP contribution >= 0.6 is 20.2 Å². The van der Waals surface area contributed by atoms with Crippen molar-refractivity contribution in [3.05, 3.63) is 29.3 Å². The first kappa shape index (κ1) is 8.47. The fourth-order valence-electron chi connectivity index (χ4n) is 0.574. The summed E-state index contributed by atoms with van der Waals surface area (Å²) in [6, 6.07) is 6.70. The van der Waals surface area contributed by atoms with E-state index < -0.39 is 0 Å². The van der Waals surface area contributed by atoms with Crippen molar-refractivity contribution in [3.63, 3.8) is 0 Å². The maximum Gasteiger partial charge on any atom is 0.282 e. The number of hydrogen-bond acceptors (Lipinski definition) is 2. The maximum absolute atomic E-state index is 9.88. The molecule has 0 aliphatic heterocycles. The highest BCUT2D eigenvalue weighted by molar-refractivity contribution is 7.20. The first-order valence-corrected chi connectivity index (χ1v) is 4.02. The SMILES string of the molecule is O=PNOc1ccc(Cl)cc1. The quantitative estimate of drug-likeness (QED) is 0.586. The molecule has 1 rings (SSSR count). The molecule has 11 heavy (non-hydrogen) atoms. The van der Waals surface area contributed by atoms with Gasteiger partial charge in [-0.2, -0.15) is 0 Å². The van der Waals surface area contributed by atoms with Gasteiger partial charge in [0.25, 0.3) is 8.61 Å². The van der Waals surface area contributed by atoms with E-state index in [9.17, 15) is 4.57 Å². The van der Waals surface area contributed by atoms with Crippen molar-refractivity contribution in [1.82, 2.24) is 5.25 Å². The summed E-state index contributed by atoms with van der Waals surface area (Å²) < 4.78 is 9.88. The van der Waals surface area contributed by atoms with Gasteiger partial charge in [0.2, 0.25) is 0 Å². The molecule has 0 bridgehead atoms. The van der Waals surface area contributed by atoms with Crippen LogP contribution in [0.4, 0.5) is 0 Å². The van der Waals surface area contributed by atoms with Gasteiger partial charge in [0.15, 0.2) is 0 Å². The van der Waals surface area contributed by atoms with Crippen LogP contribution < -0.4 is 10.1 Å². The van der Waals surface area contributed by atoms with Crippen molar-refractivity contribution in [2.75, 3.05) is 0 Å². The third-order valence-electron chi connectivity index (χ3n) is 1.01. The largest absolute Gasteiger partial charge is 0.398 e. The number of halogens is 1. The minimum Gasteiger partial charge on any atom is -0.398 e.